The number of aliphatic hydroxyl groups is 5. The van der Waals surface area contributed by atoms with E-state index in [1.54, 1.807) is 0 Å². The third-order valence-corrected chi connectivity index (χ3v) is 17.2. The van der Waals surface area contributed by atoms with Gasteiger partial charge in [-0.05, 0) is 110 Å². The topological polar surface area (TPSA) is 302 Å². The number of hydrogen-bond donors (Lipinski definition) is 9. The molecule has 0 spiro atoms. The molecule has 6 fully saturated rings. The van der Waals surface area contributed by atoms with E-state index < -0.39 is 107 Å². The summed E-state index contributed by atoms with van der Waals surface area (Å²) < 4.78 is 23.4. The summed E-state index contributed by atoms with van der Waals surface area (Å²) in [6, 6.07) is 0. The SMILES string of the molecule is CC12CC[C@](C)(C(=O)O)C[C@H]1C1=CC(=O)[C@@H]3[C@@]4(C)CC[C@H](O[C@H]5O[C@H](C(=O)O)[C@@H](O)[C@H](O)[C@H]5O[C@@H]5O[C@H](C(=O)O)[C@@H](O)[C@H](O)[C@H]5O)C(C)(C)[C@@H]4CC[C@@]3(C)[C@@]1(C)CC2.N. The van der Waals surface area contributed by atoms with Crippen molar-refractivity contribution in [1.29, 1.82) is 0 Å². The molecule has 59 heavy (non-hydrogen) atoms. The molecular formula is C42H65NO16. The molecule has 7 rings (SSSR count). The van der Waals surface area contributed by atoms with Crippen LogP contribution in [0.15, 0.2) is 11.6 Å². The van der Waals surface area contributed by atoms with Gasteiger partial charge >= 0.3 is 17.9 Å². The first-order valence-corrected chi connectivity index (χ1v) is 20.7. The van der Waals surface area contributed by atoms with Crippen molar-refractivity contribution in [3.63, 3.8) is 0 Å². The van der Waals surface area contributed by atoms with Gasteiger partial charge in [-0.2, -0.15) is 0 Å². The van der Waals surface area contributed by atoms with E-state index in [1.807, 2.05) is 26.8 Å². The van der Waals surface area contributed by atoms with Gasteiger partial charge < -0.3 is 66.0 Å². The third-order valence-electron chi connectivity index (χ3n) is 17.2. The maximum absolute atomic E-state index is 14.8. The van der Waals surface area contributed by atoms with E-state index in [-0.39, 0.29) is 40.5 Å². The minimum absolute atomic E-state index is 0. The average Bonchev–Trinajstić information content (AvgIpc) is 3.13. The Labute approximate surface area is 344 Å². The fourth-order valence-corrected chi connectivity index (χ4v) is 13.4. The number of allylic oxidation sites excluding steroid dienone is 2. The Morgan fingerprint density at radius 2 is 1.27 bits per heavy atom. The van der Waals surface area contributed by atoms with Crippen LogP contribution in [-0.2, 0) is 38.1 Å². The van der Waals surface area contributed by atoms with E-state index >= 15 is 0 Å². The molecular weight excluding hydrogens is 774 g/mol. The standard InChI is InChI=1S/C42H62O16.H3N/c1-37(2)21-8-11-42(7)31(20(43)16-18-19-17-39(4,36(53)54)13-12-38(19,3)14-15-41(18,42)6)40(21,5)10-9-22(37)55-35-30(26(47)25(46)29(57-35)33(51)52)58-34-27(48)23(44)24(45)28(56-34)32(49)50;/h16,19,21-31,34-35,44-48H,8-15,17H2,1-7H3,(H,49,50)(H,51,52)(H,53,54);1H3/t19-,21-,22-,23-,24-,25-,26-,27+,28-,29-,30+,31+,34-,35-,38?,39-,40-,41-,42+;/m0./s1. The zero-order chi connectivity index (χ0) is 42.9. The van der Waals surface area contributed by atoms with Crippen molar-refractivity contribution in [3.05, 3.63) is 11.6 Å². The summed E-state index contributed by atoms with van der Waals surface area (Å²) in [6.07, 6.45) is -12.2. The highest BCUT2D eigenvalue weighted by Gasteiger charge is 2.71. The molecule has 11 N–H and O–H groups in total. The maximum atomic E-state index is 14.8. The van der Waals surface area contributed by atoms with Gasteiger partial charge in [0.15, 0.2) is 30.6 Å². The van der Waals surface area contributed by atoms with E-state index in [0.717, 1.165) is 37.7 Å². The Hall–Kier alpha value is -2.58. The van der Waals surface area contributed by atoms with E-state index in [4.69, 9.17) is 18.9 Å². The van der Waals surface area contributed by atoms with Gasteiger partial charge in [-0.3, -0.25) is 9.59 Å². The molecule has 0 bridgehead atoms. The Kier molecular flexibility index (Phi) is 11.7. The second-order valence-corrected chi connectivity index (χ2v) is 20.6. The molecule has 2 aliphatic heterocycles. The number of carboxylic acids is 3. The van der Waals surface area contributed by atoms with Crippen molar-refractivity contribution in [2.24, 2.45) is 50.2 Å². The summed E-state index contributed by atoms with van der Waals surface area (Å²) in [7, 11) is 0. The molecule has 5 aliphatic carbocycles. The number of hydrogen-bond acceptors (Lipinski definition) is 14. The van der Waals surface area contributed by atoms with Gasteiger partial charge in [0.05, 0.1) is 11.5 Å². The van der Waals surface area contributed by atoms with E-state index in [2.05, 4.69) is 27.7 Å². The number of aliphatic carboxylic acids is 3. The number of rotatable bonds is 7. The molecule has 0 amide bonds. The summed E-state index contributed by atoms with van der Waals surface area (Å²) in [6.45, 7) is 14.8. The van der Waals surface area contributed by atoms with Crippen LogP contribution in [0.5, 0.6) is 0 Å². The number of fused-ring (bicyclic) bond motifs is 7. The number of carboxylic acid groups (broad SMARTS) is 3. The first-order chi connectivity index (χ1) is 26.8. The Bertz CT molecular complexity index is 1740. The van der Waals surface area contributed by atoms with Crippen LogP contribution < -0.4 is 6.15 Å². The molecule has 19 atom stereocenters. The van der Waals surface area contributed by atoms with Crippen molar-refractivity contribution >= 4 is 23.7 Å². The number of carbonyl (C=O) groups is 4. The van der Waals surface area contributed by atoms with Crippen molar-refractivity contribution in [1.82, 2.24) is 6.15 Å². The number of carbonyl (C=O) groups excluding carboxylic acids is 1. The molecule has 1 unspecified atom stereocenters. The highest BCUT2D eigenvalue weighted by Crippen LogP contribution is 2.75. The number of ether oxygens (including phenoxy) is 4. The van der Waals surface area contributed by atoms with Gasteiger partial charge in [-0.15, -0.1) is 0 Å². The van der Waals surface area contributed by atoms with Crippen LogP contribution in [-0.4, -0.2) is 132 Å². The Morgan fingerprint density at radius 3 is 1.86 bits per heavy atom. The molecule has 17 nitrogen and oxygen atoms in total. The van der Waals surface area contributed by atoms with Crippen LogP contribution >= 0.6 is 0 Å². The highest BCUT2D eigenvalue weighted by atomic mass is 16.8. The van der Waals surface area contributed by atoms with Crippen LogP contribution in [0.4, 0.5) is 0 Å². The molecule has 0 aromatic heterocycles. The van der Waals surface area contributed by atoms with Gasteiger partial charge in [0.25, 0.3) is 0 Å². The molecule has 17 heteroatoms. The van der Waals surface area contributed by atoms with E-state index in [0.29, 0.717) is 25.7 Å². The Balaban J connectivity index is 0.00000585. The predicted molar refractivity (Wildman–Crippen MR) is 204 cm³/mol. The second kappa shape index (κ2) is 15.1. The molecule has 0 aromatic rings. The predicted octanol–water partition coefficient (Wildman–Crippen LogP) is 2.41. The molecule has 7 aliphatic rings. The van der Waals surface area contributed by atoms with Crippen LogP contribution in [0.25, 0.3) is 0 Å². The maximum Gasteiger partial charge on any atom is 0.335 e. The Morgan fingerprint density at radius 1 is 0.695 bits per heavy atom. The van der Waals surface area contributed by atoms with Gasteiger partial charge in [-0.25, -0.2) is 9.59 Å². The largest absolute Gasteiger partial charge is 0.481 e. The average molecular weight is 840 g/mol. The lowest BCUT2D eigenvalue weighted by Crippen LogP contribution is -2.68. The third kappa shape index (κ3) is 6.72. The number of ketones is 1. The lowest BCUT2D eigenvalue weighted by atomic mass is 9.33. The quantitative estimate of drug-likeness (QED) is 0.166. The molecule has 0 radical (unpaired) electrons. The smallest absolute Gasteiger partial charge is 0.335 e. The zero-order valence-electron chi connectivity index (χ0n) is 35.1. The number of aliphatic hydroxyl groups excluding tert-OH is 5. The van der Waals surface area contributed by atoms with Crippen molar-refractivity contribution in [3.8, 4) is 0 Å². The summed E-state index contributed by atoms with van der Waals surface area (Å²) in [5, 5.41) is 83.0. The molecule has 0 aromatic carbocycles. The molecule has 334 valence electrons. The normalized spacial score (nSPS) is 51.7. The van der Waals surface area contributed by atoms with Gasteiger partial charge in [-0.1, -0.05) is 47.1 Å². The van der Waals surface area contributed by atoms with Crippen molar-refractivity contribution in [2.75, 3.05) is 0 Å². The zero-order valence-corrected chi connectivity index (χ0v) is 35.1. The first kappa shape index (κ1) is 45.9. The van der Waals surface area contributed by atoms with Crippen LogP contribution in [0.1, 0.15) is 106 Å². The summed E-state index contributed by atoms with van der Waals surface area (Å²) in [5.41, 5.74) is -1.81. The fourth-order valence-electron chi connectivity index (χ4n) is 13.4. The van der Waals surface area contributed by atoms with E-state index in [9.17, 15) is 60.0 Å². The highest BCUT2D eigenvalue weighted by molar-refractivity contribution is 5.95. The van der Waals surface area contributed by atoms with Crippen molar-refractivity contribution < 1.29 is 79.0 Å². The van der Waals surface area contributed by atoms with Crippen LogP contribution in [0.3, 0.4) is 0 Å². The lowest BCUT2D eigenvalue weighted by Gasteiger charge is -2.70. The molecule has 2 heterocycles. The summed E-state index contributed by atoms with van der Waals surface area (Å²) >= 11 is 0. The summed E-state index contributed by atoms with van der Waals surface area (Å²) in [5.74, 6) is -4.47. The van der Waals surface area contributed by atoms with Gasteiger partial charge in [0.2, 0.25) is 0 Å². The minimum Gasteiger partial charge on any atom is -0.481 e. The van der Waals surface area contributed by atoms with Gasteiger partial charge in [0, 0.05) is 5.92 Å². The van der Waals surface area contributed by atoms with Crippen molar-refractivity contribution in [2.45, 2.75) is 174 Å². The summed E-state index contributed by atoms with van der Waals surface area (Å²) in [4.78, 5) is 51.3. The molecule has 4 saturated carbocycles. The first-order valence-electron chi connectivity index (χ1n) is 20.7. The monoisotopic (exact) mass is 839 g/mol. The van der Waals surface area contributed by atoms with Crippen LogP contribution in [0, 0.1) is 50.2 Å². The van der Waals surface area contributed by atoms with Crippen LogP contribution in [0.2, 0.25) is 0 Å². The van der Waals surface area contributed by atoms with E-state index in [1.165, 1.54) is 0 Å². The lowest BCUT2D eigenvalue weighted by molar-refractivity contribution is -0.371. The second-order valence-electron chi connectivity index (χ2n) is 20.6. The molecule has 2 saturated heterocycles. The van der Waals surface area contributed by atoms with Gasteiger partial charge in [0.1, 0.15) is 36.6 Å². The fraction of sp³-hybridized carbons (Fsp3) is 0.857. The minimum atomic E-state index is -2.05.